The molecule has 36 heavy (non-hydrogen) atoms. The maximum absolute atomic E-state index is 14.3. The molecule has 4 rings (SSSR count). The lowest BCUT2D eigenvalue weighted by atomic mass is 10.1. The minimum atomic E-state index is -3.76. The number of aromatic nitrogens is 4. The van der Waals surface area contributed by atoms with Gasteiger partial charge in [0, 0.05) is 18.1 Å². The van der Waals surface area contributed by atoms with Crippen molar-refractivity contribution in [2.75, 3.05) is 23.5 Å². The quantitative estimate of drug-likeness (QED) is 0.297. The first kappa shape index (κ1) is 25.1. The van der Waals surface area contributed by atoms with Crippen molar-refractivity contribution < 1.29 is 31.1 Å². The summed E-state index contributed by atoms with van der Waals surface area (Å²) in [5.41, 5.74) is 0.933. The Morgan fingerprint density at radius 1 is 1.11 bits per heavy atom. The van der Waals surface area contributed by atoms with E-state index in [-0.39, 0.29) is 35.5 Å². The molecule has 0 saturated heterocycles. The molecular formula is C22H19F3N6O4S. The largest absolute Gasteiger partial charge is 0.415 e. The van der Waals surface area contributed by atoms with Gasteiger partial charge in [0.1, 0.15) is 16.5 Å². The van der Waals surface area contributed by atoms with Crippen LogP contribution in [0.5, 0.6) is 0 Å². The lowest BCUT2D eigenvalue weighted by Crippen LogP contribution is -2.17. The SMILES string of the molecule is CS(=O)(=O)c1ccc(Nc2ncc(-c3nnc(C(F)F)o3)c(N[C@H](CO)c3ccccc3)n2)cc1F. The zero-order valence-corrected chi connectivity index (χ0v) is 19.4. The zero-order valence-electron chi connectivity index (χ0n) is 18.6. The van der Waals surface area contributed by atoms with Crippen LogP contribution in [0.3, 0.4) is 0 Å². The molecule has 0 aliphatic carbocycles. The van der Waals surface area contributed by atoms with Crippen LogP contribution in [0.1, 0.15) is 23.9 Å². The molecule has 3 N–H and O–H groups in total. The van der Waals surface area contributed by atoms with Gasteiger partial charge in [-0.15, -0.1) is 10.2 Å². The Bertz CT molecular complexity index is 1470. The van der Waals surface area contributed by atoms with E-state index in [1.165, 1.54) is 12.3 Å². The molecule has 0 aliphatic rings. The predicted molar refractivity (Wildman–Crippen MR) is 123 cm³/mol. The van der Waals surface area contributed by atoms with Crippen LogP contribution < -0.4 is 10.6 Å². The number of anilines is 3. The molecule has 10 nitrogen and oxygen atoms in total. The molecule has 0 fully saturated rings. The van der Waals surface area contributed by atoms with Gasteiger partial charge in [-0.1, -0.05) is 30.3 Å². The van der Waals surface area contributed by atoms with Crippen molar-refractivity contribution in [3.8, 4) is 11.5 Å². The van der Waals surface area contributed by atoms with Crippen LogP contribution in [0.15, 0.2) is 64.0 Å². The van der Waals surface area contributed by atoms with E-state index in [1.54, 1.807) is 30.3 Å². The number of nitrogens with one attached hydrogen (secondary N) is 2. The summed E-state index contributed by atoms with van der Waals surface area (Å²) >= 11 is 0. The summed E-state index contributed by atoms with van der Waals surface area (Å²) in [4.78, 5) is 7.94. The Morgan fingerprint density at radius 2 is 1.86 bits per heavy atom. The van der Waals surface area contributed by atoms with Gasteiger partial charge in [0.2, 0.25) is 5.95 Å². The highest BCUT2D eigenvalue weighted by atomic mass is 32.2. The number of nitrogens with zero attached hydrogens (tertiary/aromatic N) is 4. The molecule has 2 heterocycles. The molecule has 0 radical (unpaired) electrons. The van der Waals surface area contributed by atoms with Gasteiger partial charge in [-0.25, -0.2) is 17.8 Å². The molecule has 1 atom stereocenters. The van der Waals surface area contributed by atoms with Crippen molar-refractivity contribution in [3.63, 3.8) is 0 Å². The van der Waals surface area contributed by atoms with Crippen LogP contribution in [0.2, 0.25) is 0 Å². The summed E-state index contributed by atoms with van der Waals surface area (Å²) in [5, 5.41) is 22.6. The number of hydrogen-bond acceptors (Lipinski definition) is 10. The average Bonchev–Trinajstić information content (AvgIpc) is 3.33. The van der Waals surface area contributed by atoms with Gasteiger partial charge in [0.15, 0.2) is 9.84 Å². The van der Waals surface area contributed by atoms with Crippen molar-refractivity contribution in [1.29, 1.82) is 0 Å². The van der Waals surface area contributed by atoms with Crippen LogP contribution in [0.25, 0.3) is 11.5 Å². The maximum Gasteiger partial charge on any atom is 0.314 e. The highest BCUT2D eigenvalue weighted by Gasteiger charge is 2.22. The third-order valence-electron chi connectivity index (χ3n) is 4.93. The molecule has 188 valence electrons. The number of aliphatic hydroxyl groups is 1. The Hall–Kier alpha value is -4.04. The van der Waals surface area contributed by atoms with E-state index in [0.29, 0.717) is 5.56 Å². The molecular weight excluding hydrogens is 501 g/mol. The second kappa shape index (κ2) is 10.3. The molecule has 0 bridgehead atoms. The summed E-state index contributed by atoms with van der Waals surface area (Å²) in [5.74, 6) is -2.14. The van der Waals surface area contributed by atoms with Crippen LogP contribution in [-0.2, 0) is 9.84 Å². The van der Waals surface area contributed by atoms with Crippen molar-refractivity contribution in [3.05, 3.63) is 72.0 Å². The molecule has 14 heteroatoms. The Morgan fingerprint density at radius 3 is 2.47 bits per heavy atom. The van der Waals surface area contributed by atoms with Gasteiger partial charge in [-0.05, 0) is 23.8 Å². The number of aliphatic hydroxyl groups excluding tert-OH is 1. The molecule has 0 unspecified atom stereocenters. The van der Waals surface area contributed by atoms with Crippen molar-refractivity contribution >= 4 is 27.3 Å². The van der Waals surface area contributed by atoms with Gasteiger partial charge in [-0.2, -0.15) is 13.8 Å². The summed E-state index contributed by atoms with van der Waals surface area (Å²) in [6.45, 7) is -0.347. The lowest BCUT2D eigenvalue weighted by Gasteiger charge is -2.19. The smallest absolute Gasteiger partial charge is 0.314 e. The molecule has 0 spiro atoms. The molecule has 0 amide bonds. The Kier molecular flexibility index (Phi) is 7.17. The van der Waals surface area contributed by atoms with E-state index < -0.39 is 38.9 Å². The first-order chi connectivity index (χ1) is 17.2. The monoisotopic (exact) mass is 520 g/mol. The minimum absolute atomic E-state index is 0.0492. The molecule has 4 aromatic rings. The second-order valence-corrected chi connectivity index (χ2v) is 9.52. The highest BCUT2D eigenvalue weighted by molar-refractivity contribution is 7.90. The minimum Gasteiger partial charge on any atom is -0.415 e. The van der Waals surface area contributed by atoms with Gasteiger partial charge in [0.05, 0.1) is 18.2 Å². The average molecular weight is 520 g/mol. The van der Waals surface area contributed by atoms with Gasteiger partial charge in [-0.3, -0.25) is 0 Å². The predicted octanol–water partition coefficient (Wildman–Crippen LogP) is 3.90. The number of alkyl halides is 2. The van der Waals surface area contributed by atoms with E-state index in [9.17, 15) is 26.7 Å². The first-order valence-electron chi connectivity index (χ1n) is 10.3. The van der Waals surface area contributed by atoms with Crippen LogP contribution >= 0.6 is 0 Å². The summed E-state index contributed by atoms with van der Waals surface area (Å²) in [6, 6.07) is 11.6. The summed E-state index contributed by atoms with van der Waals surface area (Å²) in [7, 11) is -3.76. The molecule has 2 aromatic carbocycles. The van der Waals surface area contributed by atoms with Gasteiger partial charge >= 0.3 is 6.43 Å². The number of sulfone groups is 1. The Labute approximate surface area is 203 Å². The number of benzene rings is 2. The Balaban J connectivity index is 1.71. The summed E-state index contributed by atoms with van der Waals surface area (Å²) in [6.07, 6.45) is -0.871. The fourth-order valence-electron chi connectivity index (χ4n) is 3.23. The van der Waals surface area contributed by atoms with Gasteiger partial charge < -0.3 is 20.2 Å². The van der Waals surface area contributed by atoms with Crippen LogP contribution in [-0.4, -0.2) is 46.6 Å². The first-order valence-corrected chi connectivity index (χ1v) is 12.2. The van der Waals surface area contributed by atoms with E-state index in [0.717, 1.165) is 18.4 Å². The second-order valence-electron chi connectivity index (χ2n) is 7.53. The lowest BCUT2D eigenvalue weighted by molar-refractivity contribution is 0.116. The van der Waals surface area contributed by atoms with E-state index >= 15 is 0 Å². The highest BCUT2D eigenvalue weighted by Crippen LogP contribution is 2.31. The van der Waals surface area contributed by atoms with Crippen molar-refractivity contribution in [1.82, 2.24) is 20.2 Å². The third kappa shape index (κ3) is 5.60. The zero-order chi connectivity index (χ0) is 25.9. The molecule has 0 saturated carbocycles. The molecule has 2 aromatic heterocycles. The van der Waals surface area contributed by atoms with E-state index in [2.05, 4.69) is 30.8 Å². The van der Waals surface area contributed by atoms with Gasteiger partial charge in [0.25, 0.3) is 11.8 Å². The van der Waals surface area contributed by atoms with Crippen LogP contribution in [0.4, 0.5) is 30.6 Å². The van der Waals surface area contributed by atoms with E-state index in [1.807, 2.05) is 0 Å². The van der Waals surface area contributed by atoms with E-state index in [4.69, 9.17) is 4.42 Å². The van der Waals surface area contributed by atoms with Crippen molar-refractivity contribution in [2.24, 2.45) is 0 Å². The van der Waals surface area contributed by atoms with Crippen LogP contribution in [0, 0.1) is 5.82 Å². The summed E-state index contributed by atoms with van der Waals surface area (Å²) < 4.78 is 68.6. The number of rotatable bonds is 9. The van der Waals surface area contributed by atoms with Crippen molar-refractivity contribution in [2.45, 2.75) is 17.4 Å². The number of hydrogen-bond donors (Lipinski definition) is 3. The maximum atomic E-state index is 14.3. The molecule has 0 aliphatic heterocycles. The standard InChI is InChI=1S/C22H19F3N6O4S/c1-36(33,34)17-8-7-13(9-15(17)23)27-22-26-10-14(20-30-31-21(35-20)18(24)25)19(29-22)28-16(11-32)12-5-3-2-4-6-12/h2-10,16,18,32H,11H2,1H3,(H2,26,27,28,29)/t16-/m1/s1. The topological polar surface area (TPSA) is 143 Å². The fourth-order valence-corrected chi connectivity index (χ4v) is 3.96. The third-order valence-corrected chi connectivity index (χ3v) is 6.06. The number of halogens is 3. The fraction of sp³-hybridized carbons (Fsp3) is 0.182. The normalized spacial score (nSPS) is 12.5.